The number of rotatable bonds is 3. The van der Waals surface area contributed by atoms with E-state index in [4.69, 9.17) is 0 Å². The van der Waals surface area contributed by atoms with E-state index in [0.717, 1.165) is 38.5 Å². The van der Waals surface area contributed by atoms with E-state index in [9.17, 15) is 14.7 Å². The molecule has 3 nitrogen and oxygen atoms in total. The Labute approximate surface area is 102 Å². The lowest BCUT2D eigenvalue weighted by molar-refractivity contribution is -0.149. The number of ketones is 1. The van der Waals surface area contributed by atoms with E-state index in [2.05, 4.69) is 0 Å². The molecule has 3 fully saturated rings. The zero-order chi connectivity index (χ0) is 12.3. The Morgan fingerprint density at radius 3 is 2.59 bits per heavy atom. The maximum atomic E-state index is 12.2. The zero-order valence-electron chi connectivity index (χ0n) is 10.4. The fourth-order valence-corrected chi connectivity index (χ4v) is 5.74. The van der Waals surface area contributed by atoms with Crippen LogP contribution < -0.4 is 0 Å². The van der Waals surface area contributed by atoms with Gasteiger partial charge < -0.3 is 5.11 Å². The first kappa shape index (κ1) is 11.2. The van der Waals surface area contributed by atoms with Gasteiger partial charge in [-0.1, -0.05) is 6.42 Å². The summed E-state index contributed by atoms with van der Waals surface area (Å²) in [4.78, 5) is 23.5. The minimum Gasteiger partial charge on any atom is -0.481 e. The molecule has 3 rings (SSSR count). The lowest BCUT2D eigenvalue weighted by Crippen LogP contribution is -2.48. The SMILES string of the molecule is CC(=O)C12CCCC1(CC(=O)O)C1CCC2C1. The summed E-state index contributed by atoms with van der Waals surface area (Å²) in [5, 5.41) is 9.23. The fourth-order valence-electron chi connectivity index (χ4n) is 5.74. The van der Waals surface area contributed by atoms with Gasteiger partial charge in [-0.3, -0.25) is 9.59 Å². The first-order valence-electron chi connectivity index (χ1n) is 6.76. The molecule has 2 bridgehead atoms. The van der Waals surface area contributed by atoms with Gasteiger partial charge >= 0.3 is 5.97 Å². The van der Waals surface area contributed by atoms with E-state index in [1.165, 1.54) is 0 Å². The van der Waals surface area contributed by atoms with Gasteiger partial charge in [-0.05, 0) is 56.3 Å². The van der Waals surface area contributed by atoms with E-state index < -0.39 is 5.97 Å². The third kappa shape index (κ3) is 1.13. The average Bonchev–Trinajstić information content (AvgIpc) is 2.83. The number of hydrogen-bond acceptors (Lipinski definition) is 2. The van der Waals surface area contributed by atoms with Crippen molar-refractivity contribution < 1.29 is 14.7 Å². The molecular formula is C14H20O3. The van der Waals surface area contributed by atoms with Crippen molar-refractivity contribution in [1.29, 1.82) is 0 Å². The van der Waals surface area contributed by atoms with Crippen LogP contribution in [0.4, 0.5) is 0 Å². The van der Waals surface area contributed by atoms with Gasteiger partial charge in [0, 0.05) is 5.41 Å². The van der Waals surface area contributed by atoms with Crippen LogP contribution in [0.3, 0.4) is 0 Å². The van der Waals surface area contributed by atoms with Crippen molar-refractivity contribution in [2.45, 2.75) is 51.9 Å². The van der Waals surface area contributed by atoms with E-state index in [0.29, 0.717) is 11.8 Å². The highest BCUT2D eigenvalue weighted by molar-refractivity contribution is 5.86. The van der Waals surface area contributed by atoms with Crippen LogP contribution >= 0.6 is 0 Å². The first-order chi connectivity index (χ1) is 8.03. The lowest BCUT2D eigenvalue weighted by Gasteiger charge is -2.47. The normalized spacial score (nSPS) is 47.1. The smallest absolute Gasteiger partial charge is 0.303 e. The number of aliphatic carboxylic acids is 1. The molecule has 0 heterocycles. The van der Waals surface area contributed by atoms with Gasteiger partial charge in [0.15, 0.2) is 0 Å². The zero-order valence-corrected chi connectivity index (χ0v) is 10.4. The Kier molecular flexibility index (Phi) is 2.20. The van der Waals surface area contributed by atoms with E-state index in [1.54, 1.807) is 6.92 Å². The van der Waals surface area contributed by atoms with Gasteiger partial charge in [0.1, 0.15) is 5.78 Å². The summed E-state index contributed by atoms with van der Waals surface area (Å²) in [5.74, 6) is 0.523. The molecule has 3 aliphatic carbocycles. The van der Waals surface area contributed by atoms with E-state index in [1.807, 2.05) is 0 Å². The van der Waals surface area contributed by atoms with Crippen molar-refractivity contribution in [3.05, 3.63) is 0 Å². The molecule has 0 radical (unpaired) electrons. The predicted molar refractivity (Wildman–Crippen MR) is 62.5 cm³/mol. The molecule has 0 spiro atoms. The highest BCUT2D eigenvalue weighted by Crippen LogP contribution is 2.74. The molecule has 94 valence electrons. The van der Waals surface area contributed by atoms with Crippen LogP contribution in [-0.2, 0) is 9.59 Å². The summed E-state index contributed by atoms with van der Waals surface area (Å²) in [5.41, 5.74) is -0.456. The Hall–Kier alpha value is -0.860. The second-order valence-corrected chi connectivity index (χ2v) is 6.31. The van der Waals surface area contributed by atoms with Gasteiger partial charge in [-0.15, -0.1) is 0 Å². The molecule has 0 saturated heterocycles. The molecule has 4 atom stereocenters. The van der Waals surface area contributed by atoms with Gasteiger partial charge in [0.25, 0.3) is 0 Å². The van der Waals surface area contributed by atoms with Crippen molar-refractivity contribution in [3.63, 3.8) is 0 Å². The predicted octanol–water partition coefficient (Wildman–Crippen LogP) is 2.64. The molecule has 0 aromatic carbocycles. The van der Waals surface area contributed by atoms with Gasteiger partial charge in [-0.2, -0.15) is 0 Å². The summed E-state index contributed by atoms with van der Waals surface area (Å²) in [7, 11) is 0. The molecule has 1 N–H and O–H groups in total. The number of carboxylic acid groups (broad SMARTS) is 1. The Morgan fingerprint density at radius 1 is 1.24 bits per heavy atom. The van der Waals surface area contributed by atoms with Crippen molar-refractivity contribution in [2.75, 3.05) is 0 Å². The van der Waals surface area contributed by atoms with Crippen LogP contribution in [0.25, 0.3) is 0 Å². The Bertz CT molecular complexity index is 389. The maximum absolute atomic E-state index is 12.2. The largest absolute Gasteiger partial charge is 0.481 e. The third-order valence-corrected chi connectivity index (χ3v) is 6.09. The first-order valence-corrected chi connectivity index (χ1v) is 6.76. The summed E-state index contributed by atoms with van der Waals surface area (Å²) >= 11 is 0. The standard InChI is InChI=1S/C14H20O3/c1-9(15)14-6-2-5-13(14,8-12(16)17)10-3-4-11(14)7-10/h10-11H,2-8H2,1H3,(H,16,17). The third-order valence-electron chi connectivity index (χ3n) is 6.09. The number of fused-ring (bicyclic) bond motifs is 5. The molecule has 4 unspecified atom stereocenters. The van der Waals surface area contributed by atoms with Crippen LogP contribution in [0.5, 0.6) is 0 Å². The van der Waals surface area contributed by atoms with Gasteiger partial charge in [0.2, 0.25) is 0 Å². The number of Topliss-reactive ketones (excluding diaryl/α,β-unsaturated/α-hetero) is 1. The van der Waals surface area contributed by atoms with Crippen molar-refractivity contribution >= 4 is 11.8 Å². The van der Waals surface area contributed by atoms with Crippen LogP contribution in [0.2, 0.25) is 0 Å². The maximum Gasteiger partial charge on any atom is 0.303 e. The van der Waals surface area contributed by atoms with Gasteiger partial charge in [-0.25, -0.2) is 0 Å². The quantitative estimate of drug-likeness (QED) is 0.819. The van der Waals surface area contributed by atoms with Crippen LogP contribution in [0.15, 0.2) is 0 Å². The lowest BCUT2D eigenvalue weighted by atomic mass is 9.55. The topological polar surface area (TPSA) is 54.4 Å². The second kappa shape index (κ2) is 3.33. The van der Waals surface area contributed by atoms with Crippen molar-refractivity contribution in [1.82, 2.24) is 0 Å². The minimum absolute atomic E-state index is 0.187. The number of carbonyl (C=O) groups is 2. The molecule has 0 aromatic rings. The Morgan fingerprint density at radius 2 is 1.94 bits per heavy atom. The fraction of sp³-hybridized carbons (Fsp3) is 0.857. The average molecular weight is 236 g/mol. The highest BCUT2D eigenvalue weighted by atomic mass is 16.4. The molecule has 17 heavy (non-hydrogen) atoms. The molecule has 3 saturated carbocycles. The highest BCUT2D eigenvalue weighted by Gasteiger charge is 2.71. The van der Waals surface area contributed by atoms with Crippen LogP contribution in [0, 0.1) is 22.7 Å². The molecular weight excluding hydrogens is 216 g/mol. The monoisotopic (exact) mass is 236 g/mol. The van der Waals surface area contributed by atoms with Crippen molar-refractivity contribution in [2.24, 2.45) is 22.7 Å². The van der Waals surface area contributed by atoms with Gasteiger partial charge in [0.05, 0.1) is 6.42 Å². The summed E-state index contributed by atoms with van der Waals surface area (Å²) in [6, 6.07) is 0. The van der Waals surface area contributed by atoms with E-state index >= 15 is 0 Å². The molecule has 3 heteroatoms. The van der Waals surface area contributed by atoms with Crippen molar-refractivity contribution in [3.8, 4) is 0 Å². The summed E-state index contributed by atoms with van der Waals surface area (Å²) < 4.78 is 0. The number of carbonyl (C=O) groups excluding carboxylic acids is 1. The molecule has 0 amide bonds. The van der Waals surface area contributed by atoms with E-state index in [-0.39, 0.29) is 23.0 Å². The summed E-state index contributed by atoms with van der Waals surface area (Å²) in [6.45, 7) is 1.70. The molecule has 0 aliphatic heterocycles. The summed E-state index contributed by atoms with van der Waals surface area (Å²) in [6.07, 6.45) is 6.55. The Balaban J connectivity index is 2.09. The van der Waals surface area contributed by atoms with Crippen LogP contribution in [-0.4, -0.2) is 16.9 Å². The van der Waals surface area contributed by atoms with Crippen LogP contribution in [0.1, 0.15) is 51.9 Å². The molecule has 3 aliphatic rings. The second-order valence-electron chi connectivity index (χ2n) is 6.31. The molecule has 0 aromatic heterocycles. The minimum atomic E-state index is -0.718. The number of carboxylic acids is 1. The number of hydrogen-bond donors (Lipinski definition) is 1.